The third-order valence-corrected chi connectivity index (χ3v) is 4.72. The van der Waals surface area contributed by atoms with Crippen LogP contribution in [0.15, 0.2) is 24.3 Å². The molecule has 0 N–H and O–H groups in total. The number of carbonyl (C=O) groups excluding carboxylic acids is 1. The SMILES string of the molecule is CCCCc1ccc(C(=O)C2CC3CCC(C2)O3)cc1. The van der Waals surface area contributed by atoms with Gasteiger partial charge in [-0.1, -0.05) is 37.6 Å². The molecule has 2 fully saturated rings. The predicted molar refractivity (Wildman–Crippen MR) is 80.0 cm³/mol. The Morgan fingerprint density at radius 3 is 2.40 bits per heavy atom. The van der Waals surface area contributed by atoms with Crippen molar-refractivity contribution in [3.8, 4) is 0 Å². The summed E-state index contributed by atoms with van der Waals surface area (Å²) in [5.74, 6) is 0.509. The van der Waals surface area contributed by atoms with Crippen molar-refractivity contribution in [1.29, 1.82) is 0 Å². The zero-order valence-corrected chi connectivity index (χ0v) is 12.3. The van der Waals surface area contributed by atoms with E-state index in [1.165, 1.54) is 18.4 Å². The highest BCUT2D eigenvalue weighted by Gasteiger charge is 2.38. The van der Waals surface area contributed by atoms with Crippen LogP contribution in [0.2, 0.25) is 0 Å². The lowest BCUT2D eigenvalue weighted by Crippen LogP contribution is -2.30. The molecule has 1 aromatic carbocycles. The molecule has 2 atom stereocenters. The summed E-state index contributed by atoms with van der Waals surface area (Å²) in [5, 5.41) is 0. The van der Waals surface area contributed by atoms with Crippen LogP contribution in [0.1, 0.15) is 61.4 Å². The van der Waals surface area contributed by atoms with Gasteiger partial charge in [-0.25, -0.2) is 0 Å². The molecule has 0 aromatic heterocycles. The number of ether oxygens (including phenoxy) is 1. The summed E-state index contributed by atoms with van der Waals surface area (Å²) in [6.45, 7) is 2.21. The van der Waals surface area contributed by atoms with Crippen LogP contribution in [0.3, 0.4) is 0 Å². The van der Waals surface area contributed by atoms with E-state index in [-0.39, 0.29) is 5.92 Å². The van der Waals surface area contributed by atoms with Gasteiger partial charge in [0.2, 0.25) is 0 Å². The van der Waals surface area contributed by atoms with Crippen molar-refractivity contribution in [2.45, 2.75) is 64.1 Å². The van der Waals surface area contributed by atoms with E-state index >= 15 is 0 Å². The van der Waals surface area contributed by atoms with Gasteiger partial charge < -0.3 is 4.74 Å². The quantitative estimate of drug-likeness (QED) is 0.752. The van der Waals surface area contributed by atoms with Crippen LogP contribution in [0.5, 0.6) is 0 Å². The summed E-state index contributed by atoms with van der Waals surface area (Å²) in [4.78, 5) is 12.6. The summed E-state index contributed by atoms with van der Waals surface area (Å²) >= 11 is 0. The average molecular weight is 272 g/mol. The van der Waals surface area contributed by atoms with Gasteiger partial charge in [0.25, 0.3) is 0 Å². The molecule has 2 aliphatic rings. The number of benzene rings is 1. The second-order valence-corrected chi connectivity index (χ2v) is 6.29. The van der Waals surface area contributed by atoms with E-state index in [2.05, 4.69) is 19.1 Å². The molecule has 2 bridgehead atoms. The second-order valence-electron chi connectivity index (χ2n) is 6.29. The summed E-state index contributed by atoms with van der Waals surface area (Å²) in [7, 11) is 0. The molecule has 0 saturated carbocycles. The fourth-order valence-corrected chi connectivity index (χ4v) is 3.52. The third kappa shape index (κ3) is 2.95. The Bertz CT molecular complexity index is 451. The van der Waals surface area contributed by atoms with E-state index in [0.717, 1.165) is 37.7 Å². The van der Waals surface area contributed by atoms with Crippen LogP contribution in [0.25, 0.3) is 0 Å². The van der Waals surface area contributed by atoms with E-state index in [0.29, 0.717) is 18.0 Å². The Balaban J connectivity index is 1.64. The van der Waals surface area contributed by atoms with Crippen molar-refractivity contribution in [2.24, 2.45) is 5.92 Å². The number of ketones is 1. The van der Waals surface area contributed by atoms with Gasteiger partial charge in [0.05, 0.1) is 12.2 Å². The van der Waals surface area contributed by atoms with E-state index < -0.39 is 0 Å². The molecule has 0 amide bonds. The van der Waals surface area contributed by atoms with Crippen LogP contribution in [-0.2, 0) is 11.2 Å². The molecule has 2 heteroatoms. The number of rotatable bonds is 5. The highest BCUT2D eigenvalue weighted by Crippen LogP contribution is 2.37. The topological polar surface area (TPSA) is 26.3 Å². The molecule has 108 valence electrons. The monoisotopic (exact) mass is 272 g/mol. The van der Waals surface area contributed by atoms with Crippen molar-refractivity contribution >= 4 is 5.78 Å². The minimum Gasteiger partial charge on any atom is -0.375 e. The molecule has 2 unspecified atom stereocenters. The molecule has 2 nitrogen and oxygen atoms in total. The van der Waals surface area contributed by atoms with E-state index in [1.54, 1.807) is 0 Å². The Kier molecular flexibility index (Phi) is 4.21. The average Bonchev–Trinajstić information content (AvgIpc) is 2.83. The van der Waals surface area contributed by atoms with Gasteiger partial charge in [-0.15, -0.1) is 0 Å². The highest BCUT2D eigenvalue weighted by atomic mass is 16.5. The maximum Gasteiger partial charge on any atom is 0.166 e. The van der Waals surface area contributed by atoms with Gasteiger partial charge in [-0.3, -0.25) is 4.79 Å². The van der Waals surface area contributed by atoms with Gasteiger partial charge in [0, 0.05) is 11.5 Å². The summed E-state index contributed by atoms with van der Waals surface area (Å²) < 4.78 is 5.82. The molecule has 3 rings (SSSR count). The van der Waals surface area contributed by atoms with Crippen LogP contribution >= 0.6 is 0 Å². The molecule has 0 spiro atoms. The van der Waals surface area contributed by atoms with Crippen LogP contribution in [-0.4, -0.2) is 18.0 Å². The Labute approximate surface area is 121 Å². The Hall–Kier alpha value is -1.15. The van der Waals surface area contributed by atoms with Crippen molar-refractivity contribution in [3.05, 3.63) is 35.4 Å². The first-order valence-corrected chi connectivity index (χ1v) is 8.05. The second kappa shape index (κ2) is 6.09. The molecule has 2 aliphatic heterocycles. The lowest BCUT2D eigenvalue weighted by Gasteiger charge is -2.27. The zero-order valence-electron chi connectivity index (χ0n) is 12.3. The maximum atomic E-state index is 12.6. The number of fused-ring (bicyclic) bond motifs is 2. The molecule has 0 aliphatic carbocycles. The molecule has 1 aromatic rings. The fraction of sp³-hybridized carbons (Fsp3) is 0.611. The zero-order chi connectivity index (χ0) is 13.9. The van der Waals surface area contributed by atoms with Gasteiger partial charge in [-0.05, 0) is 44.1 Å². The largest absolute Gasteiger partial charge is 0.375 e. The fourth-order valence-electron chi connectivity index (χ4n) is 3.52. The molecule has 20 heavy (non-hydrogen) atoms. The smallest absolute Gasteiger partial charge is 0.166 e. The van der Waals surface area contributed by atoms with E-state index in [1.807, 2.05) is 12.1 Å². The standard InChI is InChI=1S/C18H24O2/c1-2-3-4-13-5-7-14(8-6-13)18(19)15-11-16-9-10-17(12-15)20-16/h5-8,15-17H,2-4,9-12H2,1H3. The predicted octanol–water partition coefficient (Wildman–Crippen LogP) is 4.17. The Morgan fingerprint density at radius 1 is 1.15 bits per heavy atom. The first-order chi connectivity index (χ1) is 9.76. The molecule has 2 saturated heterocycles. The van der Waals surface area contributed by atoms with Crippen LogP contribution < -0.4 is 0 Å². The lowest BCUT2D eigenvalue weighted by molar-refractivity contribution is -0.0149. The van der Waals surface area contributed by atoms with Gasteiger partial charge in [0.1, 0.15) is 0 Å². The number of hydrogen-bond acceptors (Lipinski definition) is 2. The molecule has 2 heterocycles. The maximum absolute atomic E-state index is 12.6. The van der Waals surface area contributed by atoms with E-state index in [9.17, 15) is 4.79 Å². The van der Waals surface area contributed by atoms with E-state index in [4.69, 9.17) is 4.74 Å². The first kappa shape index (κ1) is 13.8. The summed E-state index contributed by atoms with van der Waals surface area (Å²) in [6, 6.07) is 8.28. The number of aryl methyl sites for hydroxylation is 1. The number of carbonyl (C=O) groups is 1. The van der Waals surface area contributed by atoms with Crippen LogP contribution in [0.4, 0.5) is 0 Å². The number of Topliss-reactive ketones (excluding diaryl/α,β-unsaturated/α-hetero) is 1. The molecular weight excluding hydrogens is 248 g/mol. The van der Waals surface area contributed by atoms with Gasteiger partial charge in [-0.2, -0.15) is 0 Å². The van der Waals surface area contributed by atoms with Crippen molar-refractivity contribution in [2.75, 3.05) is 0 Å². The minimum absolute atomic E-state index is 0.183. The van der Waals surface area contributed by atoms with Gasteiger partial charge in [0.15, 0.2) is 5.78 Å². The Morgan fingerprint density at radius 2 is 1.80 bits per heavy atom. The van der Waals surface area contributed by atoms with Crippen molar-refractivity contribution in [3.63, 3.8) is 0 Å². The van der Waals surface area contributed by atoms with Crippen molar-refractivity contribution < 1.29 is 9.53 Å². The summed E-state index contributed by atoms with van der Waals surface area (Å²) in [5.41, 5.74) is 2.23. The van der Waals surface area contributed by atoms with Crippen molar-refractivity contribution in [1.82, 2.24) is 0 Å². The normalized spacial score (nSPS) is 28.6. The van der Waals surface area contributed by atoms with Gasteiger partial charge >= 0.3 is 0 Å². The first-order valence-electron chi connectivity index (χ1n) is 8.05. The molecule has 0 radical (unpaired) electrons. The minimum atomic E-state index is 0.183. The lowest BCUT2D eigenvalue weighted by atomic mass is 9.87. The number of unbranched alkanes of at least 4 members (excludes halogenated alkanes) is 1. The highest BCUT2D eigenvalue weighted by molar-refractivity contribution is 5.98. The van der Waals surface area contributed by atoms with Crippen LogP contribution in [0, 0.1) is 5.92 Å². The summed E-state index contributed by atoms with van der Waals surface area (Å²) in [6.07, 6.45) is 8.36. The third-order valence-electron chi connectivity index (χ3n) is 4.72. The molecular formula is C18H24O2. The number of hydrogen-bond donors (Lipinski definition) is 0.